The minimum atomic E-state index is -0.224. The van der Waals surface area contributed by atoms with Crippen LogP contribution in [0.4, 0.5) is 5.95 Å². The van der Waals surface area contributed by atoms with Gasteiger partial charge in [-0.2, -0.15) is 0 Å². The van der Waals surface area contributed by atoms with Crippen molar-refractivity contribution in [2.24, 2.45) is 0 Å². The second-order valence-corrected chi connectivity index (χ2v) is 5.60. The van der Waals surface area contributed by atoms with Crippen LogP contribution in [0.3, 0.4) is 0 Å². The topological polar surface area (TPSA) is 73.3 Å². The van der Waals surface area contributed by atoms with E-state index in [0.29, 0.717) is 11.4 Å². The lowest BCUT2D eigenvalue weighted by Crippen LogP contribution is -2.10. The normalized spacial score (nSPS) is 10.3. The molecule has 0 unspecified atom stereocenters. The van der Waals surface area contributed by atoms with Crippen LogP contribution in [-0.2, 0) is 4.79 Å². The van der Waals surface area contributed by atoms with Gasteiger partial charge in [-0.05, 0) is 54.6 Å². The number of nitrogens with zero attached hydrogens (tertiary/aromatic N) is 2. The Balaban J connectivity index is 2.06. The number of carbonyl (C=O) groups excluding carboxylic acids is 1. The number of ether oxygens (including phenoxy) is 2. The summed E-state index contributed by atoms with van der Waals surface area (Å²) in [6.45, 7) is 1.43. The number of anilines is 1. The number of carbonyl (C=O) groups is 1. The zero-order valence-corrected chi connectivity index (χ0v) is 14.8. The van der Waals surface area contributed by atoms with Gasteiger partial charge in [0.2, 0.25) is 11.9 Å². The fourth-order valence-corrected chi connectivity index (χ4v) is 2.48. The zero-order chi connectivity index (χ0) is 18.5. The van der Waals surface area contributed by atoms with Crippen LogP contribution in [0.5, 0.6) is 11.5 Å². The Hall–Kier alpha value is -3.41. The van der Waals surface area contributed by atoms with E-state index in [1.807, 2.05) is 54.6 Å². The summed E-state index contributed by atoms with van der Waals surface area (Å²) in [6.07, 6.45) is 0. The Bertz CT molecular complexity index is 841. The van der Waals surface area contributed by atoms with E-state index in [1.165, 1.54) is 6.92 Å². The molecule has 6 nitrogen and oxygen atoms in total. The van der Waals surface area contributed by atoms with Crippen LogP contribution in [0, 0.1) is 0 Å². The van der Waals surface area contributed by atoms with Crippen molar-refractivity contribution in [2.75, 3.05) is 19.5 Å². The van der Waals surface area contributed by atoms with Crippen molar-refractivity contribution in [1.82, 2.24) is 9.97 Å². The van der Waals surface area contributed by atoms with Crippen LogP contribution in [0.2, 0.25) is 0 Å². The van der Waals surface area contributed by atoms with Gasteiger partial charge in [-0.25, -0.2) is 9.97 Å². The summed E-state index contributed by atoms with van der Waals surface area (Å²) in [6, 6.07) is 17.0. The molecule has 0 aliphatic rings. The highest BCUT2D eigenvalue weighted by Gasteiger charge is 2.10. The quantitative estimate of drug-likeness (QED) is 0.759. The molecule has 132 valence electrons. The van der Waals surface area contributed by atoms with E-state index < -0.39 is 0 Å². The third-order valence-electron chi connectivity index (χ3n) is 3.79. The van der Waals surface area contributed by atoms with Crippen molar-refractivity contribution in [3.63, 3.8) is 0 Å². The highest BCUT2D eigenvalue weighted by molar-refractivity contribution is 5.87. The van der Waals surface area contributed by atoms with Crippen LogP contribution in [0.25, 0.3) is 22.5 Å². The van der Waals surface area contributed by atoms with Crippen molar-refractivity contribution >= 4 is 11.9 Å². The first kappa shape index (κ1) is 17.4. The number of hydrogen-bond acceptors (Lipinski definition) is 5. The van der Waals surface area contributed by atoms with Gasteiger partial charge in [0.05, 0.1) is 25.6 Å². The lowest BCUT2D eigenvalue weighted by atomic mass is 10.1. The third-order valence-corrected chi connectivity index (χ3v) is 3.79. The fourth-order valence-electron chi connectivity index (χ4n) is 2.48. The first-order valence-electron chi connectivity index (χ1n) is 8.04. The molecule has 0 aliphatic carbocycles. The number of amides is 1. The Labute approximate surface area is 151 Å². The van der Waals surface area contributed by atoms with Gasteiger partial charge < -0.3 is 9.47 Å². The second-order valence-electron chi connectivity index (χ2n) is 5.60. The molecule has 3 rings (SSSR count). The monoisotopic (exact) mass is 349 g/mol. The van der Waals surface area contributed by atoms with Crippen LogP contribution in [0.1, 0.15) is 6.92 Å². The summed E-state index contributed by atoms with van der Waals surface area (Å²) < 4.78 is 10.4. The first-order valence-corrected chi connectivity index (χ1v) is 8.04. The number of rotatable bonds is 5. The first-order chi connectivity index (χ1) is 12.6. The van der Waals surface area contributed by atoms with Crippen molar-refractivity contribution < 1.29 is 14.3 Å². The molecule has 0 saturated heterocycles. The summed E-state index contributed by atoms with van der Waals surface area (Å²) in [7, 11) is 3.24. The van der Waals surface area contributed by atoms with E-state index in [2.05, 4.69) is 15.3 Å². The number of benzene rings is 2. The molecule has 3 aromatic rings. The zero-order valence-electron chi connectivity index (χ0n) is 14.8. The molecule has 0 aliphatic heterocycles. The summed E-state index contributed by atoms with van der Waals surface area (Å²) in [5.41, 5.74) is 3.21. The molecular formula is C20H19N3O3. The maximum absolute atomic E-state index is 11.5. The van der Waals surface area contributed by atoms with Gasteiger partial charge in [0, 0.05) is 18.1 Å². The highest BCUT2D eigenvalue weighted by atomic mass is 16.5. The van der Waals surface area contributed by atoms with Gasteiger partial charge in [0.1, 0.15) is 11.5 Å². The SMILES string of the molecule is COc1ccc(-c2cc(-c3ccc(OC)cc3)nc(NC(C)=O)n2)cc1. The molecule has 2 aromatic carbocycles. The van der Waals surface area contributed by atoms with E-state index in [9.17, 15) is 4.79 Å². The standard InChI is InChI=1S/C20H19N3O3/c1-13(24)21-20-22-18(14-4-8-16(25-2)9-5-14)12-19(23-20)15-6-10-17(26-3)11-7-15/h4-12H,1-3H3,(H,21,22,23,24). The van der Waals surface area contributed by atoms with Crippen LogP contribution in [0.15, 0.2) is 54.6 Å². The number of methoxy groups -OCH3 is 2. The van der Waals surface area contributed by atoms with E-state index in [1.54, 1.807) is 14.2 Å². The summed E-state index contributed by atoms with van der Waals surface area (Å²) in [5.74, 6) is 1.56. The van der Waals surface area contributed by atoms with Gasteiger partial charge in [-0.1, -0.05) is 0 Å². The molecule has 0 bridgehead atoms. The van der Waals surface area contributed by atoms with Crippen molar-refractivity contribution in [3.05, 3.63) is 54.6 Å². The Morgan fingerprint density at radius 3 is 1.58 bits per heavy atom. The van der Waals surface area contributed by atoms with Gasteiger partial charge >= 0.3 is 0 Å². The highest BCUT2D eigenvalue weighted by Crippen LogP contribution is 2.27. The Kier molecular flexibility index (Phi) is 5.12. The molecular weight excluding hydrogens is 330 g/mol. The minimum Gasteiger partial charge on any atom is -0.497 e. The van der Waals surface area contributed by atoms with E-state index >= 15 is 0 Å². The molecule has 1 aromatic heterocycles. The molecule has 0 saturated carbocycles. The third kappa shape index (κ3) is 3.97. The lowest BCUT2D eigenvalue weighted by Gasteiger charge is -2.10. The number of hydrogen-bond donors (Lipinski definition) is 1. The van der Waals surface area contributed by atoms with Gasteiger partial charge in [-0.3, -0.25) is 10.1 Å². The van der Waals surface area contributed by atoms with Crippen LogP contribution >= 0.6 is 0 Å². The number of aromatic nitrogens is 2. The molecule has 1 amide bonds. The maximum Gasteiger partial charge on any atom is 0.230 e. The summed E-state index contributed by atoms with van der Waals surface area (Å²) >= 11 is 0. The molecule has 6 heteroatoms. The Morgan fingerprint density at radius 1 is 0.808 bits per heavy atom. The molecule has 0 spiro atoms. The molecule has 1 N–H and O–H groups in total. The second kappa shape index (κ2) is 7.65. The summed E-state index contributed by atoms with van der Waals surface area (Å²) in [5, 5.41) is 2.66. The molecule has 1 heterocycles. The van der Waals surface area contributed by atoms with Crippen LogP contribution < -0.4 is 14.8 Å². The van der Waals surface area contributed by atoms with Gasteiger partial charge in [0.15, 0.2) is 0 Å². The molecule has 0 radical (unpaired) electrons. The van der Waals surface area contributed by atoms with E-state index in [0.717, 1.165) is 22.6 Å². The predicted molar refractivity (Wildman–Crippen MR) is 100 cm³/mol. The van der Waals surface area contributed by atoms with E-state index in [-0.39, 0.29) is 11.9 Å². The average molecular weight is 349 g/mol. The average Bonchev–Trinajstić information content (AvgIpc) is 2.67. The lowest BCUT2D eigenvalue weighted by molar-refractivity contribution is -0.114. The van der Waals surface area contributed by atoms with Crippen molar-refractivity contribution in [1.29, 1.82) is 0 Å². The predicted octanol–water partition coefficient (Wildman–Crippen LogP) is 3.79. The molecule has 0 atom stereocenters. The van der Waals surface area contributed by atoms with Crippen LogP contribution in [-0.4, -0.2) is 30.1 Å². The summed E-state index contributed by atoms with van der Waals surface area (Å²) in [4.78, 5) is 20.4. The number of nitrogens with one attached hydrogen (secondary N) is 1. The van der Waals surface area contributed by atoms with E-state index in [4.69, 9.17) is 9.47 Å². The van der Waals surface area contributed by atoms with Gasteiger partial charge in [0.25, 0.3) is 0 Å². The molecule has 0 fully saturated rings. The maximum atomic E-state index is 11.5. The fraction of sp³-hybridized carbons (Fsp3) is 0.150. The molecule has 26 heavy (non-hydrogen) atoms. The largest absolute Gasteiger partial charge is 0.497 e. The minimum absolute atomic E-state index is 0.224. The van der Waals surface area contributed by atoms with Gasteiger partial charge in [-0.15, -0.1) is 0 Å². The smallest absolute Gasteiger partial charge is 0.230 e. The van der Waals surface area contributed by atoms with Crippen molar-refractivity contribution in [2.45, 2.75) is 6.92 Å². The van der Waals surface area contributed by atoms with Crippen molar-refractivity contribution in [3.8, 4) is 34.0 Å². The Morgan fingerprint density at radius 2 is 1.23 bits per heavy atom.